The van der Waals surface area contributed by atoms with Crippen LogP contribution in [0.15, 0.2) is 24.5 Å². The van der Waals surface area contributed by atoms with Gasteiger partial charge in [0, 0.05) is 18.8 Å². The Morgan fingerprint density at radius 3 is 3.14 bits per heavy atom. The van der Waals surface area contributed by atoms with Crippen LogP contribution in [0.1, 0.15) is 5.56 Å². The summed E-state index contributed by atoms with van der Waals surface area (Å²) in [4.78, 5) is 12.1. The number of hydrogen-bond acceptors (Lipinski definition) is 6. The van der Waals surface area contributed by atoms with E-state index in [2.05, 4.69) is 26.2 Å². The van der Waals surface area contributed by atoms with Crippen LogP contribution in [0.3, 0.4) is 0 Å². The number of rotatable bonds is 3. The standard InChI is InChI=1S/C13H16N6O2/c1-9-2-3-10(6-11(9)19-8-15-17-18-19)16-13(20)12-7-14-4-5-21-12/h2-3,6,8,12,14H,4-5,7H2,1H3,(H,16,20). The minimum Gasteiger partial charge on any atom is -0.366 e. The van der Waals surface area contributed by atoms with E-state index in [1.807, 2.05) is 25.1 Å². The van der Waals surface area contributed by atoms with E-state index in [0.29, 0.717) is 18.8 Å². The summed E-state index contributed by atoms with van der Waals surface area (Å²) in [6.45, 7) is 3.80. The Balaban J connectivity index is 1.77. The van der Waals surface area contributed by atoms with Crippen molar-refractivity contribution < 1.29 is 9.53 Å². The summed E-state index contributed by atoms with van der Waals surface area (Å²) in [7, 11) is 0. The molecule has 1 amide bonds. The number of nitrogens with zero attached hydrogens (tertiary/aromatic N) is 4. The normalized spacial score (nSPS) is 18.4. The number of morpholine rings is 1. The molecular weight excluding hydrogens is 272 g/mol. The highest BCUT2D eigenvalue weighted by Gasteiger charge is 2.21. The van der Waals surface area contributed by atoms with Gasteiger partial charge in [-0.05, 0) is 35.0 Å². The molecule has 21 heavy (non-hydrogen) atoms. The molecular formula is C13H16N6O2. The molecule has 1 saturated heterocycles. The minimum atomic E-state index is -0.462. The second-order valence-corrected chi connectivity index (χ2v) is 4.81. The number of aromatic nitrogens is 4. The number of amides is 1. The third kappa shape index (κ3) is 3.06. The molecule has 1 aromatic heterocycles. The van der Waals surface area contributed by atoms with E-state index in [1.54, 1.807) is 4.68 Å². The fourth-order valence-electron chi connectivity index (χ4n) is 2.16. The highest BCUT2D eigenvalue weighted by atomic mass is 16.5. The largest absolute Gasteiger partial charge is 0.366 e. The van der Waals surface area contributed by atoms with Gasteiger partial charge < -0.3 is 15.4 Å². The first kappa shape index (κ1) is 13.7. The second-order valence-electron chi connectivity index (χ2n) is 4.81. The smallest absolute Gasteiger partial charge is 0.254 e. The molecule has 3 rings (SSSR count). The number of carbonyl (C=O) groups excluding carboxylic acids is 1. The molecule has 2 aromatic rings. The predicted molar refractivity (Wildman–Crippen MR) is 75.1 cm³/mol. The number of ether oxygens (including phenoxy) is 1. The van der Waals surface area contributed by atoms with Crippen molar-refractivity contribution in [2.24, 2.45) is 0 Å². The molecule has 8 heteroatoms. The fourth-order valence-corrected chi connectivity index (χ4v) is 2.16. The van der Waals surface area contributed by atoms with Crippen molar-refractivity contribution in [2.45, 2.75) is 13.0 Å². The monoisotopic (exact) mass is 288 g/mol. The van der Waals surface area contributed by atoms with Crippen LogP contribution in [0.25, 0.3) is 5.69 Å². The van der Waals surface area contributed by atoms with Gasteiger partial charge >= 0.3 is 0 Å². The number of hydrogen-bond donors (Lipinski definition) is 2. The topological polar surface area (TPSA) is 94.0 Å². The zero-order valence-electron chi connectivity index (χ0n) is 11.6. The molecule has 1 aliphatic rings. The minimum absolute atomic E-state index is 0.159. The molecule has 2 N–H and O–H groups in total. The van der Waals surface area contributed by atoms with Crippen LogP contribution in [0.4, 0.5) is 5.69 Å². The van der Waals surface area contributed by atoms with Gasteiger partial charge in [0.2, 0.25) is 0 Å². The zero-order chi connectivity index (χ0) is 14.7. The molecule has 1 aliphatic heterocycles. The lowest BCUT2D eigenvalue weighted by atomic mass is 10.1. The third-order valence-corrected chi connectivity index (χ3v) is 3.29. The first-order valence-electron chi connectivity index (χ1n) is 6.71. The van der Waals surface area contributed by atoms with Gasteiger partial charge in [-0.3, -0.25) is 4.79 Å². The van der Waals surface area contributed by atoms with Crippen LogP contribution in [0, 0.1) is 6.92 Å². The van der Waals surface area contributed by atoms with Crippen molar-refractivity contribution in [1.29, 1.82) is 0 Å². The first-order valence-corrected chi connectivity index (χ1v) is 6.71. The average Bonchev–Trinajstić information content (AvgIpc) is 3.04. The zero-order valence-corrected chi connectivity index (χ0v) is 11.6. The molecule has 0 spiro atoms. The maximum absolute atomic E-state index is 12.1. The SMILES string of the molecule is Cc1ccc(NC(=O)C2CNCCO2)cc1-n1cnnn1. The summed E-state index contributed by atoms with van der Waals surface area (Å²) >= 11 is 0. The Labute approximate surface area is 121 Å². The van der Waals surface area contributed by atoms with Crippen LogP contribution in [0.2, 0.25) is 0 Å². The lowest BCUT2D eigenvalue weighted by Crippen LogP contribution is -2.45. The van der Waals surface area contributed by atoms with Gasteiger partial charge in [0.25, 0.3) is 5.91 Å². The summed E-state index contributed by atoms with van der Waals surface area (Å²) in [6, 6.07) is 5.59. The molecule has 0 saturated carbocycles. The summed E-state index contributed by atoms with van der Waals surface area (Å²) in [6.07, 6.45) is 1.05. The van der Waals surface area contributed by atoms with Crippen molar-refractivity contribution in [3.63, 3.8) is 0 Å². The first-order chi connectivity index (χ1) is 10.2. The van der Waals surface area contributed by atoms with E-state index in [0.717, 1.165) is 17.8 Å². The Kier molecular flexibility index (Phi) is 3.89. The van der Waals surface area contributed by atoms with E-state index >= 15 is 0 Å². The number of benzene rings is 1. The maximum atomic E-state index is 12.1. The Bertz CT molecular complexity index is 622. The van der Waals surface area contributed by atoms with Crippen molar-refractivity contribution in [2.75, 3.05) is 25.0 Å². The Hall–Kier alpha value is -2.32. The number of tetrazole rings is 1. The van der Waals surface area contributed by atoms with Gasteiger partial charge in [0.05, 0.1) is 12.3 Å². The lowest BCUT2D eigenvalue weighted by Gasteiger charge is -2.22. The predicted octanol–water partition coefficient (Wildman–Crippen LogP) is -0.102. The summed E-state index contributed by atoms with van der Waals surface area (Å²) in [5, 5.41) is 17.1. The average molecular weight is 288 g/mol. The Morgan fingerprint density at radius 2 is 2.43 bits per heavy atom. The lowest BCUT2D eigenvalue weighted by molar-refractivity contribution is -0.128. The highest BCUT2D eigenvalue weighted by Crippen LogP contribution is 2.18. The Morgan fingerprint density at radius 1 is 1.52 bits per heavy atom. The van der Waals surface area contributed by atoms with Crippen LogP contribution in [-0.2, 0) is 9.53 Å². The molecule has 2 heterocycles. The van der Waals surface area contributed by atoms with Crippen molar-refractivity contribution in [3.05, 3.63) is 30.1 Å². The van der Waals surface area contributed by atoms with Gasteiger partial charge in [-0.25, -0.2) is 4.68 Å². The van der Waals surface area contributed by atoms with Gasteiger partial charge in [0.15, 0.2) is 0 Å². The fraction of sp³-hybridized carbons (Fsp3) is 0.385. The van der Waals surface area contributed by atoms with E-state index in [1.165, 1.54) is 6.33 Å². The maximum Gasteiger partial charge on any atom is 0.254 e. The quantitative estimate of drug-likeness (QED) is 0.819. The molecule has 110 valence electrons. The van der Waals surface area contributed by atoms with E-state index < -0.39 is 6.10 Å². The van der Waals surface area contributed by atoms with Gasteiger partial charge in [-0.2, -0.15) is 0 Å². The molecule has 1 atom stereocenters. The molecule has 0 radical (unpaired) electrons. The van der Waals surface area contributed by atoms with Crippen LogP contribution in [0.5, 0.6) is 0 Å². The highest BCUT2D eigenvalue weighted by molar-refractivity contribution is 5.94. The van der Waals surface area contributed by atoms with Gasteiger partial charge in [0.1, 0.15) is 12.4 Å². The van der Waals surface area contributed by atoms with Crippen LogP contribution < -0.4 is 10.6 Å². The molecule has 0 aliphatic carbocycles. The molecule has 1 unspecified atom stereocenters. The van der Waals surface area contributed by atoms with E-state index in [9.17, 15) is 4.79 Å². The molecule has 8 nitrogen and oxygen atoms in total. The van der Waals surface area contributed by atoms with E-state index in [4.69, 9.17) is 4.74 Å². The van der Waals surface area contributed by atoms with Gasteiger partial charge in [-0.15, -0.1) is 5.10 Å². The molecule has 1 fully saturated rings. The van der Waals surface area contributed by atoms with E-state index in [-0.39, 0.29) is 5.91 Å². The van der Waals surface area contributed by atoms with Crippen LogP contribution >= 0.6 is 0 Å². The van der Waals surface area contributed by atoms with Crippen molar-refractivity contribution in [3.8, 4) is 5.69 Å². The number of aryl methyl sites for hydroxylation is 1. The summed E-state index contributed by atoms with van der Waals surface area (Å²) < 4.78 is 6.99. The van der Waals surface area contributed by atoms with Crippen molar-refractivity contribution >= 4 is 11.6 Å². The molecule has 0 bridgehead atoms. The summed E-state index contributed by atoms with van der Waals surface area (Å²) in [5.74, 6) is -0.159. The summed E-state index contributed by atoms with van der Waals surface area (Å²) in [5.41, 5.74) is 2.52. The number of anilines is 1. The van der Waals surface area contributed by atoms with Gasteiger partial charge in [-0.1, -0.05) is 6.07 Å². The molecule has 1 aromatic carbocycles. The third-order valence-electron chi connectivity index (χ3n) is 3.29. The second kappa shape index (κ2) is 5.98. The number of carbonyl (C=O) groups is 1. The van der Waals surface area contributed by atoms with Crippen LogP contribution in [-0.4, -0.2) is 51.9 Å². The number of nitrogens with one attached hydrogen (secondary N) is 2. The van der Waals surface area contributed by atoms with Crippen molar-refractivity contribution in [1.82, 2.24) is 25.5 Å².